The lowest BCUT2D eigenvalue weighted by molar-refractivity contribution is -0.137. The van der Waals surface area contributed by atoms with Crippen molar-refractivity contribution in [1.29, 1.82) is 0 Å². The van der Waals surface area contributed by atoms with Gasteiger partial charge >= 0.3 is 6.18 Å². The fourth-order valence-corrected chi connectivity index (χ4v) is 4.59. The predicted molar refractivity (Wildman–Crippen MR) is 127 cm³/mol. The molecule has 35 heavy (non-hydrogen) atoms. The lowest BCUT2D eigenvalue weighted by Gasteiger charge is -2.10. The summed E-state index contributed by atoms with van der Waals surface area (Å²) in [5.74, 6) is -0.865. The molecule has 1 heterocycles. The second kappa shape index (κ2) is 9.73. The van der Waals surface area contributed by atoms with E-state index >= 15 is 0 Å². The van der Waals surface area contributed by atoms with Gasteiger partial charge in [-0.25, -0.2) is 4.98 Å². The number of carbonyl (C=O) groups is 1. The van der Waals surface area contributed by atoms with Gasteiger partial charge < -0.3 is 14.9 Å². The third kappa shape index (κ3) is 5.67. The third-order valence-corrected chi connectivity index (χ3v) is 6.23. The van der Waals surface area contributed by atoms with Crippen molar-refractivity contribution < 1.29 is 32.9 Å². The van der Waals surface area contributed by atoms with Crippen LogP contribution in [0.15, 0.2) is 48.5 Å². The first kappa shape index (κ1) is 24.8. The van der Waals surface area contributed by atoms with Gasteiger partial charge in [0.05, 0.1) is 34.6 Å². The highest BCUT2D eigenvalue weighted by Gasteiger charge is 2.32. The molecule has 0 radical (unpaired) electrons. The second-order valence-electron chi connectivity index (χ2n) is 7.73. The molecule has 4 rings (SSSR count). The van der Waals surface area contributed by atoms with E-state index in [1.165, 1.54) is 24.3 Å². The molecule has 1 amide bonds. The van der Waals surface area contributed by atoms with Crippen LogP contribution in [0, 0.1) is 6.92 Å². The van der Waals surface area contributed by atoms with Crippen molar-refractivity contribution in [1.82, 2.24) is 4.98 Å². The number of phenolic OH excluding ortho intramolecular Hbond substituents is 2. The standard InChI is InChI=1S/C24H18ClF3N2O4S/c1-12-6-16(25)9-18(21(12)32)22(33)30-23-29-20-14(7-15(24(26,27)28)8-19(20)35-23)11-34-10-13-2-4-17(31)5-3-13/h2-9,31-32H,10-11H2,1H3,(H,29,30,33). The number of aromatic hydroxyl groups is 2. The number of alkyl halides is 3. The van der Waals surface area contributed by atoms with Crippen molar-refractivity contribution in [2.45, 2.75) is 26.3 Å². The molecule has 182 valence electrons. The molecule has 4 aromatic rings. The highest BCUT2D eigenvalue weighted by molar-refractivity contribution is 7.22. The summed E-state index contributed by atoms with van der Waals surface area (Å²) in [6.07, 6.45) is -4.59. The second-order valence-corrected chi connectivity index (χ2v) is 9.20. The van der Waals surface area contributed by atoms with Crippen LogP contribution in [0.25, 0.3) is 10.2 Å². The Morgan fingerprint density at radius 3 is 2.51 bits per heavy atom. The molecule has 0 atom stereocenters. The fourth-order valence-electron chi connectivity index (χ4n) is 3.37. The van der Waals surface area contributed by atoms with Gasteiger partial charge in [-0.05, 0) is 54.4 Å². The Hall–Kier alpha value is -3.34. The van der Waals surface area contributed by atoms with E-state index in [9.17, 15) is 28.2 Å². The average Bonchev–Trinajstić information content (AvgIpc) is 3.19. The Morgan fingerprint density at radius 1 is 1.11 bits per heavy atom. The van der Waals surface area contributed by atoms with Gasteiger partial charge in [-0.15, -0.1) is 0 Å². The zero-order valence-corrected chi connectivity index (χ0v) is 19.7. The molecule has 0 unspecified atom stereocenters. The first-order valence-electron chi connectivity index (χ1n) is 10.2. The summed E-state index contributed by atoms with van der Waals surface area (Å²) in [6.45, 7) is 1.53. The number of fused-ring (bicyclic) bond motifs is 1. The monoisotopic (exact) mass is 522 g/mol. The number of nitrogens with zero attached hydrogens (tertiary/aromatic N) is 1. The van der Waals surface area contributed by atoms with Crippen molar-refractivity contribution in [3.05, 3.63) is 81.4 Å². The van der Waals surface area contributed by atoms with E-state index in [1.807, 2.05) is 0 Å². The van der Waals surface area contributed by atoms with Crippen molar-refractivity contribution in [3.63, 3.8) is 0 Å². The molecule has 0 aliphatic heterocycles. The molecule has 3 N–H and O–H groups in total. The molecule has 3 aromatic carbocycles. The summed E-state index contributed by atoms with van der Waals surface area (Å²) in [4.78, 5) is 17.0. The van der Waals surface area contributed by atoms with Crippen LogP contribution in [0.2, 0.25) is 5.02 Å². The Bertz CT molecular complexity index is 1400. The number of benzene rings is 3. The van der Waals surface area contributed by atoms with Crippen LogP contribution in [-0.2, 0) is 24.1 Å². The Kier molecular flexibility index (Phi) is 6.88. The number of amides is 1. The van der Waals surface area contributed by atoms with Crippen LogP contribution in [0.5, 0.6) is 11.5 Å². The summed E-state index contributed by atoms with van der Waals surface area (Å²) in [6, 6.07) is 11.0. The summed E-state index contributed by atoms with van der Waals surface area (Å²) < 4.78 is 46.3. The quantitative estimate of drug-likeness (QED) is 0.263. The maximum atomic E-state index is 13.5. The van der Waals surface area contributed by atoms with E-state index in [2.05, 4.69) is 10.3 Å². The molecule has 0 saturated heterocycles. The van der Waals surface area contributed by atoms with Crippen LogP contribution in [0.1, 0.15) is 32.6 Å². The number of carbonyl (C=O) groups excluding carboxylic acids is 1. The number of rotatable bonds is 6. The summed E-state index contributed by atoms with van der Waals surface area (Å²) in [7, 11) is 0. The maximum Gasteiger partial charge on any atom is 0.416 e. The largest absolute Gasteiger partial charge is 0.508 e. The van der Waals surface area contributed by atoms with E-state index in [0.29, 0.717) is 5.56 Å². The van der Waals surface area contributed by atoms with Crippen LogP contribution in [0.4, 0.5) is 18.3 Å². The number of aromatic nitrogens is 1. The Labute approximate surface area is 206 Å². The number of nitrogens with one attached hydrogen (secondary N) is 1. The molecular weight excluding hydrogens is 505 g/mol. The Morgan fingerprint density at radius 2 is 1.83 bits per heavy atom. The minimum Gasteiger partial charge on any atom is -0.508 e. The molecule has 6 nitrogen and oxygen atoms in total. The number of anilines is 1. The van der Waals surface area contributed by atoms with Gasteiger partial charge in [-0.2, -0.15) is 13.2 Å². The zero-order valence-electron chi connectivity index (χ0n) is 18.1. The molecule has 1 aromatic heterocycles. The van der Waals surface area contributed by atoms with Gasteiger partial charge in [-0.3, -0.25) is 10.1 Å². The number of phenols is 2. The maximum absolute atomic E-state index is 13.5. The normalized spacial score (nSPS) is 11.7. The topological polar surface area (TPSA) is 91.7 Å². The van der Waals surface area contributed by atoms with E-state index in [0.717, 1.165) is 29.0 Å². The van der Waals surface area contributed by atoms with Crippen LogP contribution in [-0.4, -0.2) is 21.1 Å². The number of halogens is 4. The van der Waals surface area contributed by atoms with Crippen molar-refractivity contribution in [2.75, 3.05) is 5.32 Å². The smallest absolute Gasteiger partial charge is 0.416 e. The lowest BCUT2D eigenvalue weighted by atomic mass is 10.1. The van der Waals surface area contributed by atoms with Crippen molar-refractivity contribution in [2.24, 2.45) is 0 Å². The molecule has 0 aliphatic rings. The van der Waals surface area contributed by atoms with Gasteiger partial charge in [-0.1, -0.05) is 35.1 Å². The average molecular weight is 523 g/mol. The van der Waals surface area contributed by atoms with Crippen LogP contribution >= 0.6 is 22.9 Å². The number of thiazole rings is 1. The van der Waals surface area contributed by atoms with E-state index in [4.69, 9.17) is 16.3 Å². The minimum absolute atomic E-state index is 0.0566. The third-order valence-electron chi connectivity index (χ3n) is 5.09. The summed E-state index contributed by atoms with van der Waals surface area (Å²) in [5.41, 5.74) is 0.645. The number of ether oxygens (including phenoxy) is 1. The number of hydrogen-bond acceptors (Lipinski definition) is 6. The number of aryl methyl sites for hydroxylation is 1. The lowest BCUT2D eigenvalue weighted by Crippen LogP contribution is -2.12. The van der Waals surface area contributed by atoms with Crippen LogP contribution in [0.3, 0.4) is 0 Å². The van der Waals surface area contributed by atoms with Crippen LogP contribution < -0.4 is 5.32 Å². The van der Waals surface area contributed by atoms with E-state index in [1.54, 1.807) is 19.1 Å². The highest BCUT2D eigenvalue weighted by Crippen LogP contribution is 2.37. The fraction of sp³-hybridized carbons (Fsp3) is 0.167. The zero-order chi connectivity index (χ0) is 25.3. The minimum atomic E-state index is -4.59. The SMILES string of the molecule is Cc1cc(Cl)cc(C(=O)Nc2nc3c(COCc4ccc(O)cc4)cc(C(F)(F)F)cc3s2)c1O. The van der Waals surface area contributed by atoms with Crippen molar-refractivity contribution in [3.8, 4) is 11.5 Å². The van der Waals surface area contributed by atoms with Gasteiger partial charge in [0.25, 0.3) is 5.91 Å². The molecule has 0 aliphatic carbocycles. The number of hydrogen-bond donors (Lipinski definition) is 3. The molecule has 11 heteroatoms. The first-order valence-corrected chi connectivity index (χ1v) is 11.4. The highest BCUT2D eigenvalue weighted by atomic mass is 35.5. The molecule has 0 saturated carbocycles. The predicted octanol–water partition coefficient (Wildman–Crippen LogP) is 6.66. The molecular formula is C24H18ClF3N2O4S. The van der Waals surface area contributed by atoms with Gasteiger partial charge in [0.15, 0.2) is 5.13 Å². The molecule has 0 spiro atoms. The van der Waals surface area contributed by atoms with E-state index < -0.39 is 17.6 Å². The van der Waals surface area contributed by atoms with Gasteiger partial charge in [0.2, 0.25) is 0 Å². The summed E-state index contributed by atoms with van der Waals surface area (Å²) >= 11 is 6.85. The van der Waals surface area contributed by atoms with E-state index in [-0.39, 0.29) is 56.2 Å². The first-order chi connectivity index (χ1) is 16.5. The Balaban J connectivity index is 1.62. The summed E-state index contributed by atoms with van der Waals surface area (Å²) in [5, 5.41) is 22.4. The molecule has 0 fully saturated rings. The van der Waals surface area contributed by atoms with Gasteiger partial charge in [0.1, 0.15) is 11.5 Å². The molecule has 0 bridgehead atoms. The van der Waals surface area contributed by atoms with Crippen molar-refractivity contribution >= 4 is 44.2 Å². The van der Waals surface area contributed by atoms with Gasteiger partial charge in [0, 0.05) is 10.6 Å².